The molecule has 2 aromatic carbocycles. The zero-order valence-corrected chi connectivity index (χ0v) is 11.3. The van der Waals surface area contributed by atoms with Crippen LogP contribution in [-0.4, -0.2) is 8.42 Å². The Kier molecular flexibility index (Phi) is 3.53. The lowest BCUT2D eigenvalue weighted by Gasteiger charge is -2.10. The topological polar surface area (TPSA) is 34.1 Å². The van der Waals surface area contributed by atoms with Crippen molar-refractivity contribution in [3.63, 3.8) is 0 Å². The van der Waals surface area contributed by atoms with Gasteiger partial charge >= 0.3 is 0 Å². The van der Waals surface area contributed by atoms with Crippen LogP contribution >= 0.6 is 0 Å². The Hall–Kier alpha value is -1.61. The first kappa shape index (κ1) is 12.8. The summed E-state index contributed by atoms with van der Waals surface area (Å²) in [5, 5.41) is 0. The summed E-state index contributed by atoms with van der Waals surface area (Å²) in [4.78, 5) is 0.768. The molecule has 0 atom stereocenters. The maximum atomic E-state index is 12.6. The number of hydrogen-bond donors (Lipinski definition) is 0. The Morgan fingerprint density at radius 1 is 1.11 bits per heavy atom. The van der Waals surface area contributed by atoms with Crippen LogP contribution in [-0.2, 0) is 16.3 Å². The summed E-state index contributed by atoms with van der Waals surface area (Å²) >= 11 is 0. The second kappa shape index (κ2) is 4.94. The molecule has 0 bridgehead atoms. The highest BCUT2D eigenvalue weighted by atomic mass is 32.2. The number of benzene rings is 2. The van der Waals surface area contributed by atoms with E-state index in [1.54, 1.807) is 30.3 Å². The molecule has 0 N–H and O–H groups in total. The highest BCUT2D eigenvalue weighted by Gasteiger charge is 2.21. The van der Waals surface area contributed by atoms with E-state index in [4.69, 9.17) is 0 Å². The van der Waals surface area contributed by atoms with E-state index in [-0.39, 0.29) is 0 Å². The number of sulfone groups is 1. The van der Waals surface area contributed by atoms with Crippen molar-refractivity contribution < 1.29 is 8.42 Å². The molecule has 0 spiro atoms. The minimum atomic E-state index is -3.43. The zero-order chi connectivity index (χ0) is 13.2. The molecular weight excluding hydrogens is 244 g/mol. The van der Waals surface area contributed by atoms with Crippen molar-refractivity contribution in [2.24, 2.45) is 0 Å². The summed E-state index contributed by atoms with van der Waals surface area (Å²) in [6.45, 7) is 3.76. The van der Waals surface area contributed by atoms with Gasteiger partial charge in [0.05, 0.1) is 9.79 Å². The zero-order valence-electron chi connectivity index (χ0n) is 10.5. The van der Waals surface area contributed by atoms with E-state index in [1.807, 2.05) is 26.0 Å². The van der Waals surface area contributed by atoms with Crippen molar-refractivity contribution in [3.8, 4) is 0 Å². The van der Waals surface area contributed by atoms with E-state index in [0.717, 1.165) is 11.1 Å². The summed E-state index contributed by atoms with van der Waals surface area (Å²) in [6.07, 6.45) is 0.678. The van der Waals surface area contributed by atoms with Crippen molar-refractivity contribution in [1.29, 1.82) is 0 Å². The van der Waals surface area contributed by atoms with Crippen LogP contribution in [0.2, 0.25) is 0 Å². The molecule has 0 aliphatic carbocycles. The molecular formula is C15H15O2S. The monoisotopic (exact) mass is 259 g/mol. The van der Waals surface area contributed by atoms with Crippen molar-refractivity contribution in [2.45, 2.75) is 30.1 Å². The van der Waals surface area contributed by atoms with Crippen LogP contribution in [0.1, 0.15) is 18.1 Å². The lowest BCUT2D eigenvalue weighted by molar-refractivity contribution is 0.594. The van der Waals surface area contributed by atoms with Gasteiger partial charge in [0.1, 0.15) is 0 Å². The summed E-state index contributed by atoms with van der Waals surface area (Å²) in [7, 11) is -3.43. The van der Waals surface area contributed by atoms with Gasteiger partial charge in [0, 0.05) is 0 Å². The van der Waals surface area contributed by atoms with Gasteiger partial charge in [-0.2, -0.15) is 0 Å². The summed E-state index contributed by atoms with van der Waals surface area (Å²) in [5.74, 6) is 0. The highest BCUT2D eigenvalue weighted by molar-refractivity contribution is 7.91. The molecule has 0 fully saturated rings. The Morgan fingerprint density at radius 2 is 1.83 bits per heavy atom. The van der Waals surface area contributed by atoms with Gasteiger partial charge in [-0.15, -0.1) is 0 Å². The molecule has 1 radical (unpaired) electrons. The molecule has 0 heterocycles. The summed E-state index contributed by atoms with van der Waals surface area (Å²) in [5.41, 5.74) is 1.58. The molecule has 0 aliphatic rings. The van der Waals surface area contributed by atoms with Crippen LogP contribution in [0.25, 0.3) is 0 Å². The van der Waals surface area contributed by atoms with E-state index in [0.29, 0.717) is 16.2 Å². The van der Waals surface area contributed by atoms with Crippen LogP contribution in [0.3, 0.4) is 0 Å². The van der Waals surface area contributed by atoms with Crippen LogP contribution in [0.4, 0.5) is 0 Å². The minimum absolute atomic E-state index is 0.380. The predicted octanol–water partition coefficient (Wildman–Crippen LogP) is 3.19. The highest BCUT2D eigenvalue weighted by Crippen LogP contribution is 2.26. The van der Waals surface area contributed by atoms with Gasteiger partial charge in [-0.25, -0.2) is 8.42 Å². The molecule has 0 aromatic heterocycles. The summed E-state index contributed by atoms with van der Waals surface area (Å²) < 4.78 is 25.2. The van der Waals surface area contributed by atoms with Crippen LogP contribution in [0, 0.1) is 13.0 Å². The normalized spacial score (nSPS) is 11.4. The molecule has 2 aromatic rings. The molecule has 0 saturated carbocycles. The first-order chi connectivity index (χ1) is 8.57. The predicted molar refractivity (Wildman–Crippen MR) is 71.3 cm³/mol. The number of rotatable bonds is 3. The molecule has 0 amide bonds. The average Bonchev–Trinajstić information content (AvgIpc) is 2.39. The van der Waals surface area contributed by atoms with Gasteiger partial charge in [0.15, 0.2) is 0 Å². The SMILES string of the molecule is CCc1c[c]ccc1S(=O)(=O)c1ccccc1C. The third-order valence-corrected chi connectivity index (χ3v) is 4.97. The van der Waals surface area contributed by atoms with Crippen molar-refractivity contribution in [3.05, 3.63) is 59.7 Å². The van der Waals surface area contributed by atoms with Gasteiger partial charge in [0.25, 0.3) is 0 Å². The molecule has 0 aliphatic heterocycles. The molecule has 3 heteroatoms. The quantitative estimate of drug-likeness (QED) is 0.848. The molecule has 93 valence electrons. The molecule has 0 unspecified atom stereocenters. The molecule has 2 nitrogen and oxygen atoms in total. The van der Waals surface area contributed by atoms with Crippen LogP contribution in [0.15, 0.2) is 52.3 Å². The minimum Gasteiger partial charge on any atom is -0.218 e. The van der Waals surface area contributed by atoms with Crippen molar-refractivity contribution in [1.82, 2.24) is 0 Å². The van der Waals surface area contributed by atoms with Gasteiger partial charge in [-0.1, -0.05) is 31.2 Å². The Labute approximate surface area is 108 Å². The van der Waals surface area contributed by atoms with Gasteiger partial charge in [-0.3, -0.25) is 0 Å². The number of aryl methyl sites for hydroxylation is 2. The maximum Gasteiger partial charge on any atom is 0.207 e. The standard InChI is InChI=1S/C15H15O2S/c1-3-13-9-5-7-11-15(13)18(16,17)14-10-6-4-8-12(14)2/h4,6-11H,3H2,1-2H3. The fourth-order valence-corrected chi connectivity index (χ4v) is 3.75. The maximum absolute atomic E-state index is 12.6. The average molecular weight is 259 g/mol. The first-order valence-electron chi connectivity index (χ1n) is 5.87. The van der Waals surface area contributed by atoms with Gasteiger partial charge in [0.2, 0.25) is 9.84 Å². The molecule has 2 rings (SSSR count). The molecule has 18 heavy (non-hydrogen) atoms. The van der Waals surface area contributed by atoms with Crippen LogP contribution < -0.4 is 0 Å². The van der Waals surface area contributed by atoms with E-state index >= 15 is 0 Å². The second-order valence-electron chi connectivity index (χ2n) is 4.16. The van der Waals surface area contributed by atoms with E-state index in [2.05, 4.69) is 6.07 Å². The fraction of sp³-hybridized carbons (Fsp3) is 0.200. The Bertz CT molecular complexity index is 658. The Morgan fingerprint density at radius 3 is 2.50 bits per heavy atom. The lowest BCUT2D eigenvalue weighted by Crippen LogP contribution is -2.06. The Balaban J connectivity index is 2.66. The van der Waals surface area contributed by atoms with Gasteiger partial charge in [-0.05, 0) is 48.7 Å². The van der Waals surface area contributed by atoms with Crippen molar-refractivity contribution in [2.75, 3.05) is 0 Å². The fourth-order valence-electron chi connectivity index (χ4n) is 1.97. The first-order valence-corrected chi connectivity index (χ1v) is 7.35. The van der Waals surface area contributed by atoms with E-state index < -0.39 is 9.84 Å². The van der Waals surface area contributed by atoms with E-state index in [1.165, 1.54) is 0 Å². The third kappa shape index (κ3) is 2.18. The van der Waals surface area contributed by atoms with E-state index in [9.17, 15) is 8.42 Å². The van der Waals surface area contributed by atoms with Gasteiger partial charge < -0.3 is 0 Å². The number of hydrogen-bond acceptors (Lipinski definition) is 2. The van der Waals surface area contributed by atoms with Crippen LogP contribution in [0.5, 0.6) is 0 Å². The lowest BCUT2D eigenvalue weighted by atomic mass is 10.2. The molecule has 0 saturated heterocycles. The largest absolute Gasteiger partial charge is 0.218 e. The van der Waals surface area contributed by atoms with Crippen molar-refractivity contribution >= 4 is 9.84 Å². The third-order valence-electron chi connectivity index (χ3n) is 2.96. The smallest absolute Gasteiger partial charge is 0.207 e. The summed E-state index contributed by atoms with van der Waals surface area (Å²) in [6, 6.07) is 15.0. The second-order valence-corrected chi connectivity index (χ2v) is 6.04.